The molecule has 0 spiro atoms. The Morgan fingerprint density at radius 3 is 1.62 bits per heavy atom. The molecule has 0 rings (SSSR count). The number of nitrogens with two attached hydrogens (primary N) is 1. The van der Waals surface area contributed by atoms with Crippen LogP contribution in [0.3, 0.4) is 0 Å². The highest BCUT2D eigenvalue weighted by Gasteiger charge is 2.34. The molecule has 0 fully saturated rings. The number of hydrogen-bond donors (Lipinski definition) is 1. The Kier molecular flexibility index (Phi) is 6.29. The highest BCUT2D eigenvalue weighted by atomic mass is 16.7. The molecule has 2 N–H and O–H groups in total. The van der Waals surface area contributed by atoms with E-state index >= 15 is 0 Å². The predicted molar refractivity (Wildman–Crippen MR) is 54.2 cm³/mol. The molecule has 0 aliphatic carbocycles. The molecule has 0 heterocycles. The molecule has 0 radical (unpaired) electrons. The topological polar surface area (TPSA) is 44.5 Å². The summed E-state index contributed by atoms with van der Waals surface area (Å²) in [5.74, 6) is -0.611. The van der Waals surface area contributed by atoms with Crippen LogP contribution in [-0.4, -0.2) is 19.1 Å². The van der Waals surface area contributed by atoms with Crippen LogP contribution in [0.15, 0.2) is 0 Å². The fourth-order valence-corrected chi connectivity index (χ4v) is 1.59. The third-order valence-electron chi connectivity index (χ3n) is 2.29. The Balaban J connectivity index is 4.33. The van der Waals surface area contributed by atoms with Gasteiger partial charge in [-0.25, -0.2) is 0 Å². The van der Waals surface area contributed by atoms with Gasteiger partial charge in [-0.15, -0.1) is 0 Å². The normalized spacial score (nSPS) is 12.5. The fraction of sp³-hybridized carbons (Fsp3) is 1.00. The van der Waals surface area contributed by atoms with Crippen LogP contribution in [0.5, 0.6) is 0 Å². The first-order chi connectivity index (χ1) is 6.14. The van der Waals surface area contributed by atoms with Crippen LogP contribution in [0.1, 0.15) is 40.5 Å². The molecule has 0 bridgehead atoms. The predicted octanol–water partition coefficient (Wildman–Crippen LogP) is 2.11. The SMILES string of the molecule is CCOC(N)(OCC)C(CC)CC. The zero-order valence-corrected chi connectivity index (χ0v) is 9.30. The fourth-order valence-electron chi connectivity index (χ4n) is 1.59. The van der Waals surface area contributed by atoms with E-state index < -0.39 is 5.91 Å². The molecule has 0 saturated carbocycles. The van der Waals surface area contributed by atoms with Gasteiger partial charge in [0.2, 0.25) is 5.91 Å². The van der Waals surface area contributed by atoms with Crippen molar-refractivity contribution >= 4 is 0 Å². The number of hydrogen-bond acceptors (Lipinski definition) is 3. The van der Waals surface area contributed by atoms with Crippen molar-refractivity contribution in [3.63, 3.8) is 0 Å². The van der Waals surface area contributed by atoms with E-state index in [4.69, 9.17) is 15.2 Å². The van der Waals surface area contributed by atoms with Gasteiger partial charge in [0.1, 0.15) is 0 Å². The summed E-state index contributed by atoms with van der Waals surface area (Å²) in [6.45, 7) is 9.26. The first-order valence-corrected chi connectivity index (χ1v) is 5.21. The Hall–Kier alpha value is -0.120. The standard InChI is InChI=1S/C10H23NO2/c1-5-9(6-2)10(11,12-7-3)13-8-4/h9H,5-8,11H2,1-4H3. The van der Waals surface area contributed by atoms with E-state index in [2.05, 4.69) is 13.8 Å². The molecule has 0 aliphatic rings. The molecule has 0 unspecified atom stereocenters. The van der Waals surface area contributed by atoms with Crippen LogP contribution < -0.4 is 5.73 Å². The molecule has 80 valence electrons. The van der Waals surface area contributed by atoms with Crippen LogP contribution in [0.2, 0.25) is 0 Å². The van der Waals surface area contributed by atoms with E-state index in [-0.39, 0.29) is 5.92 Å². The first kappa shape index (κ1) is 12.9. The lowest BCUT2D eigenvalue weighted by Gasteiger charge is -2.35. The minimum absolute atomic E-state index is 0.271. The zero-order valence-electron chi connectivity index (χ0n) is 9.30. The Morgan fingerprint density at radius 1 is 1.00 bits per heavy atom. The number of rotatable bonds is 7. The summed E-state index contributed by atoms with van der Waals surface area (Å²) in [4.78, 5) is 0. The maximum absolute atomic E-state index is 6.04. The lowest BCUT2D eigenvalue weighted by atomic mass is 9.99. The van der Waals surface area contributed by atoms with Crippen LogP contribution in [0, 0.1) is 5.92 Å². The second-order valence-electron chi connectivity index (χ2n) is 3.10. The number of ether oxygens (including phenoxy) is 2. The minimum Gasteiger partial charge on any atom is -0.338 e. The summed E-state index contributed by atoms with van der Waals surface area (Å²) in [7, 11) is 0. The van der Waals surface area contributed by atoms with Crippen molar-refractivity contribution < 1.29 is 9.47 Å². The Labute approximate surface area is 81.6 Å². The third kappa shape index (κ3) is 3.63. The second-order valence-corrected chi connectivity index (χ2v) is 3.10. The van der Waals surface area contributed by atoms with E-state index in [9.17, 15) is 0 Å². The molecule has 3 heteroatoms. The summed E-state index contributed by atoms with van der Waals surface area (Å²) in [6.07, 6.45) is 1.96. The summed E-state index contributed by atoms with van der Waals surface area (Å²) in [5.41, 5.74) is 6.04. The molecule has 0 aromatic heterocycles. The highest BCUT2D eigenvalue weighted by molar-refractivity contribution is 4.71. The molecule has 0 saturated heterocycles. The van der Waals surface area contributed by atoms with Gasteiger partial charge in [0, 0.05) is 19.1 Å². The van der Waals surface area contributed by atoms with Crippen molar-refractivity contribution in [2.75, 3.05) is 13.2 Å². The molecule has 13 heavy (non-hydrogen) atoms. The summed E-state index contributed by atoms with van der Waals surface area (Å²) < 4.78 is 10.9. The van der Waals surface area contributed by atoms with Gasteiger partial charge in [-0.05, 0) is 26.7 Å². The summed E-state index contributed by atoms with van der Waals surface area (Å²) >= 11 is 0. The largest absolute Gasteiger partial charge is 0.338 e. The lowest BCUT2D eigenvalue weighted by Crippen LogP contribution is -2.52. The molecule has 0 aromatic carbocycles. The first-order valence-electron chi connectivity index (χ1n) is 5.21. The van der Waals surface area contributed by atoms with Crippen molar-refractivity contribution in [2.45, 2.75) is 46.4 Å². The third-order valence-corrected chi connectivity index (χ3v) is 2.29. The Bertz CT molecular complexity index is 118. The summed E-state index contributed by atoms with van der Waals surface area (Å²) in [6, 6.07) is 0. The minimum atomic E-state index is -0.882. The van der Waals surface area contributed by atoms with Gasteiger partial charge in [0.05, 0.1) is 0 Å². The molecule has 0 atom stereocenters. The van der Waals surface area contributed by atoms with Crippen LogP contribution >= 0.6 is 0 Å². The van der Waals surface area contributed by atoms with Crippen molar-refractivity contribution in [3.05, 3.63) is 0 Å². The molecular formula is C10H23NO2. The van der Waals surface area contributed by atoms with Crippen molar-refractivity contribution in [1.29, 1.82) is 0 Å². The quantitative estimate of drug-likeness (QED) is 0.624. The van der Waals surface area contributed by atoms with E-state index in [1.807, 2.05) is 13.8 Å². The van der Waals surface area contributed by atoms with Gasteiger partial charge in [0.25, 0.3) is 0 Å². The van der Waals surface area contributed by atoms with Crippen LogP contribution in [0.4, 0.5) is 0 Å². The molecular weight excluding hydrogens is 166 g/mol. The monoisotopic (exact) mass is 189 g/mol. The van der Waals surface area contributed by atoms with Crippen molar-refractivity contribution in [3.8, 4) is 0 Å². The van der Waals surface area contributed by atoms with Crippen LogP contribution in [-0.2, 0) is 9.47 Å². The summed E-state index contributed by atoms with van der Waals surface area (Å²) in [5, 5.41) is 0. The van der Waals surface area contributed by atoms with Gasteiger partial charge < -0.3 is 9.47 Å². The van der Waals surface area contributed by atoms with Crippen molar-refractivity contribution in [1.82, 2.24) is 0 Å². The average Bonchev–Trinajstić information content (AvgIpc) is 2.07. The van der Waals surface area contributed by atoms with Gasteiger partial charge in [-0.2, -0.15) is 0 Å². The molecule has 3 nitrogen and oxygen atoms in total. The van der Waals surface area contributed by atoms with E-state index in [0.29, 0.717) is 13.2 Å². The smallest absolute Gasteiger partial charge is 0.227 e. The maximum atomic E-state index is 6.04. The van der Waals surface area contributed by atoms with Gasteiger partial charge in [0.15, 0.2) is 0 Å². The van der Waals surface area contributed by atoms with E-state index in [1.54, 1.807) is 0 Å². The lowest BCUT2D eigenvalue weighted by molar-refractivity contribution is -0.261. The van der Waals surface area contributed by atoms with Gasteiger partial charge in [-0.3, -0.25) is 5.73 Å². The second kappa shape index (κ2) is 6.35. The van der Waals surface area contributed by atoms with E-state index in [1.165, 1.54) is 0 Å². The maximum Gasteiger partial charge on any atom is 0.227 e. The van der Waals surface area contributed by atoms with Gasteiger partial charge >= 0.3 is 0 Å². The molecule has 0 amide bonds. The molecule has 0 aliphatic heterocycles. The zero-order chi connectivity index (χ0) is 10.3. The van der Waals surface area contributed by atoms with E-state index in [0.717, 1.165) is 12.8 Å². The average molecular weight is 189 g/mol. The van der Waals surface area contributed by atoms with Crippen molar-refractivity contribution in [2.24, 2.45) is 11.7 Å². The molecule has 0 aromatic rings. The highest BCUT2D eigenvalue weighted by Crippen LogP contribution is 2.24. The Morgan fingerprint density at radius 2 is 1.38 bits per heavy atom. The van der Waals surface area contributed by atoms with Gasteiger partial charge in [-0.1, -0.05) is 13.8 Å². The van der Waals surface area contributed by atoms with Crippen LogP contribution in [0.25, 0.3) is 0 Å².